The zero-order valence-corrected chi connectivity index (χ0v) is 12.7. The van der Waals surface area contributed by atoms with Gasteiger partial charge in [-0.3, -0.25) is 4.79 Å². The van der Waals surface area contributed by atoms with E-state index in [4.69, 9.17) is 5.73 Å². The third-order valence-electron chi connectivity index (χ3n) is 3.53. The van der Waals surface area contributed by atoms with Crippen LogP contribution >= 0.6 is 11.3 Å². The Kier molecular flexibility index (Phi) is 3.43. The molecule has 2 aromatic heterocycles. The number of carbonyl (C=O) groups is 1. The van der Waals surface area contributed by atoms with Gasteiger partial charge in [0.25, 0.3) is 0 Å². The van der Waals surface area contributed by atoms with Crippen LogP contribution in [0, 0.1) is 6.92 Å². The van der Waals surface area contributed by atoms with E-state index in [9.17, 15) is 4.79 Å². The second kappa shape index (κ2) is 5.26. The predicted molar refractivity (Wildman–Crippen MR) is 86.8 cm³/mol. The molecule has 0 saturated heterocycles. The molecule has 0 saturated carbocycles. The number of fused-ring (bicyclic) bond motifs is 1. The topological polar surface area (TPSA) is 68.9 Å². The molecule has 21 heavy (non-hydrogen) atoms. The quantitative estimate of drug-likeness (QED) is 0.750. The number of anilines is 1. The van der Waals surface area contributed by atoms with Gasteiger partial charge in [-0.1, -0.05) is 31.2 Å². The number of benzene rings is 1. The Morgan fingerprint density at radius 1 is 1.24 bits per heavy atom. The number of aromatic nitrogens is 2. The SMILES string of the molecule is CCc1ccc(-c2nc(C)c3c(N)c(C=O)sc3n2)cc1. The van der Waals surface area contributed by atoms with E-state index in [1.165, 1.54) is 16.9 Å². The molecule has 1 aromatic carbocycles. The number of carbonyl (C=O) groups excluding carboxylic acids is 1. The van der Waals surface area contributed by atoms with Crippen molar-refractivity contribution in [3.05, 3.63) is 40.4 Å². The fourth-order valence-electron chi connectivity index (χ4n) is 2.32. The van der Waals surface area contributed by atoms with E-state index in [-0.39, 0.29) is 0 Å². The van der Waals surface area contributed by atoms with E-state index >= 15 is 0 Å². The van der Waals surface area contributed by atoms with Gasteiger partial charge in [-0.05, 0) is 18.9 Å². The highest BCUT2D eigenvalue weighted by molar-refractivity contribution is 7.20. The molecule has 0 aliphatic heterocycles. The molecule has 2 N–H and O–H groups in total. The molecule has 0 aliphatic carbocycles. The molecular weight excluding hydrogens is 282 g/mol. The maximum atomic E-state index is 11.0. The van der Waals surface area contributed by atoms with Crippen molar-refractivity contribution in [2.45, 2.75) is 20.3 Å². The van der Waals surface area contributed by atoms with Crippen molar-refractivity contribution in [2.24, 2.45) is 0 Å². The Morgan fingerprint density at radius 2 is 1.95 bits per heavy atom. The molecule has 5 heteroatoms. The fraction of sp³-hybridized carbons (Fsp3) is 0.188. The van der Waals surface area contributed by atoms with Gasteiger partial charge in [-0.15, -0.1) is 11.3 Å². The Labute approximate surface area is 126 Å². The van der Waals surface area contributed by atoms with Crippen molar-refractivity contribution in [3.63, 3.8) is 0 Å². The Morgan fingerprint density at radius 3 is 2.57 bits per heavy atom. The molecule has 0 unspecified atom stereocenters. The lowest BCUT2D eigenvalue weighted by molar-refractivity contribution is 0.112. The summed E-state index contributed by atoms with van der Waals surface area (Å²) in [6, 6.07) is 8.21. The standard InChI is InChI=1S/C16H15N3OS/c1-3-10-4-6-11(7-5-10)15-18-9(2)13-14(17)12(8-20)21-16(13)19-15/h4-8H,3,17H2,1-2H3. The van der Waals surface area contributed by atoms with Gasteiger partial charge in [0.1, 0.15) is 4.83 Å². The maximum Gasteiger partial charge on any atom is 0.162 e. The third-order valence-corrected chi connectivity index (χ3v) is 4.55. The van der Waals surface area contributed by atoms with Crippen molar-refractivity contribution < 1.29 is 4.79 Å². The first-order valence-electron chi connectivity index (χ1n) is 6.75. The zero-order chi connectivity index (χ0) is 15.0. The molecule has 106 valence electrons. The van der Waals surface area contributed by atoms with Crippen LogP contribution in [0.5, 0.6) is 0 Å². The number of aldehydes is 1. The van der Waals surface area contributed by atoms with E-state index in [0.29, 0.717) is 16.4 Å². The molecule has 0 amide bonds. The maximum absolute atomic E-state index is 11.0. The highest BCUT2D eigenvalue weighted by Gasteiger charge is 2.15. The molecule has 2 heterocycles. The first kappa shape index (κ1) is 13.7. The molecule has 0 atom stereocenters. The van der Waals surface area contributed by atoms with E-state index in [0.717, 1.165) is 34.2 Å². The van der Waals surface area contributed by atoms with E-state index in [2.05, 4.69) is 29.0 Å². The minimum Gasteiger partial charge on any atom is -0.397 e. The number of thiophene rings is 1. The zero-order valence-electron chi connectivity index (χ0n) is 11.9. The molecule has 0 spiro atoms. The van der Waals surface area contributed by atoms with Crippen LogP contribution in [0.25, 0.3) is 21.6 Å². The van der Waals surface area contributed by atoms with Gasteiger partial charge in [0, 0.05) is 5.56 Å². The summed E-state index contributed by atoms with van der Waals surface area (Å²) in [5.41, 5.74) is 9.51. The molecular formula is C16H15N3OS. The first-order chi connectivity index (χ1) is 10.1. The van der Waals surface area contributed by atoms with Crippen molar-refractivity contribution >= 4 is 33.5 Å². The van der Waals surface area contributed by atoms with Gasteiger partial charge in [0.2, 0.25) is 0 Å². The van der Waals surface area contributed by atoms with Gasteiger partial charge in [-0.2, -0.15) is 0 Å². The normalized spacial score (nSPS) is 11.0. The first-order valence-corrected chi connectivity index (χ1v) is 7.56. The summed E-state index contributed by atoms with van der Waals surface area (Å²) >= 11 is 1.31. The number of nitrogen functional groups attached to an aromatic ring is 1. The lowest BCUT2D eigenvalue weighted by Crippen LogP contribution is -1.95. The molecule has 3 aromatic rings. The van der Waals surface area contributed by atoms with Gasteiger partial charge in [-0.25, -0.2) is 9.97 Å². The molecule has 0 fully saturated rings. The Hall–Kier alpha value is -2.27. The Bertz CT molecular complexity index is 822. The summed E-state index contributed by atoms with van der Waals surface area (Å²) in [6.45, 7) is 4.02. The monoisotopic (exact) mass is 297 g/mol. The Balaban J connectivity index is 2.17. The number of nitrogens with two attached hydrogens (primary N) is 1. The second-order valence-corrected chi connectivity index (χ2v) is 5.89. The number of hydrogen-bond acceptors (Lipinski definition) is 5. The van der Waals surface area contributed by atoms with Crippen LogP contribution in [0.1, 0.15) is 27.9 Å². The van der Waals surface area contributed by atoms with Gasteiger partial charge < -0.3 is 5.73 Å². The smallest absolute Gasteiger partial charge is 0.162 e. The number of rotatable bonds is 3. The summed E-state index contributed by atoms with van der Waals surface area (Å²) in [6.07, 6.45) is 1.78. The van der Waals surface area contributed by atoms with Crippen LogP contribution in [-0.2, 0) is 6.42 Å². The average molecular weight is 297 g/mol. The summed E-state index contributed by atoms with van der Waals surface area (Å²) < 4.78 is 0. The number of hydrogen-bond donors (Lipinski definition) is 1. The van der Waals surface area contributed by atoms with Crippen LogP contribution in [0.2, 0.25) is 0 Å². The van der Waals surface area contributed by atoms with Crippen LogP contribution in [0.15, 0.2) is 24.3 Å². The van der Waals surface area contributed by atoms with Crippen molar-refractivity contribution in [1.82, 2.24) is 9.97 Å². The largest absolute Gasteiger partial charge is 0.397 e. The third kappa shape index (κ3) is 2.29. The van der Waals surface area contributed by atoms with Crippen LogP contribution in [0.4, 0.5) is 5.69 Å². The van der Waals surface area contributed by atoms with Crippen LogP contribution < -0.4 is 5.73 Å². The lowest BCUT2D eigenvalue weighted by atomic mass is 10.1. The van der Waals surface area contributed by atoms with Gasteiger partial charge in [0.15, 0.2) is 12.1 Å². The van der Waals surface area contributed by atoms with Gasteiger partial charge in [0.05, 0.1) is 21.6 Å². The van der Waals surface area contributed by atoms with E-state index in [1.807, 2.05) is 19.1 Å². The summed E-state index contributed by atoms with van der Waals surface area (Å²) in [5, 5.41) is 0.788. The molecule has 4 nitrogen and oxygen atoms in total. The summed E-state index contributed by atoms with van der Waals surface area (Å²) in [4.78, 5) is 21.4. The minimum atomic E-state index is 0.482. The fourth-order valence-corrected chi connectivity index (χ4v) is 3.28. The molecule has 3 rings (SSSR count). The summed E-state index contributed by atoms with van der Waals surface area (Å²) in [7, 11) is 0. The number of aryl methyl sites for hydroxylation is 2. The molecule has 0 radical (unpaired) electrons. The van der Waals surface area contributed by atoms with Crippen molar-refractivity contribution in [1.29, 1.82) is 0 Å². The highest BCUT2D eigenvalue weighted by atomic mass is 32.1. The lowest BCUT2D eigenvalue weighted by Gasteiger charge is -2.04. The predicted octanol–water partition coefficient (Wildman–Crippen LogP) is 3.62. The minimum absolute atomic E-state index is 0.482. The van der Waals surface area contributed by atoms with E-state index < -0.39 is 0 Å². The van der Waals surface area contributed by atoms with E-state index in [1.54, 1.807) is 0 Å². The van der Waals surface area contributed by atoms with Crippen LogP contribution in [-0.4, -0.2) is 16.3 Å². The molecule has 0 aliphatic rings. The van der Waals surface area contributed by atoms with Crippen LogP contribution in [0.3, 0.4) is 0 Å². The highest BCUT2D eigenvalue weighted by Crippen LogP contribution is 2.34. The summed E-state index contributed by atoms with van der Waals surface area (Å²) in [5.74, 6) is 0.668. The van der Waals surface area contributed by atoms with Crippen molar-refractivity contribution in [3.8, 4) is 11.4 Å². The van der Waals surface area contributed by atoms with Gasteiger partial charge >= 0.3 is 0 Å². The molecule has 0 bridgehead atoms. The average Bonchev–Trinajstić information content (AvgIpc) is 2.84. The van der Waals surface area contributed by atoms with Crippen molar-refractivity contribution in [2.75, 3.05) is 5.73 Å². The second-order valence-electron chi connectivity index (χ2n) is 4.86. The number of nitrogens with zero attached hydrogens (tertiary/aromatic N) is 2.